The predicted molar refractivity (Wildman–Crippen MR) is 97.7 cm³/mol. The first-order valence-corrected chi connectivity index (χ1v) is 9.51. The summed E-state index contributed by atoms with van der Waals surface area (Å²) in [5.41, 5.74) is 2.89. The van der Waals surface area contributed by atoms with Crippen LogP contribution in [0.3, 0.4) is 0 Å². The molecule has 0 aromatic carbocycles. The quantitative estimate of drug-likeness (QED) is 0.913. The first-order chi connectivity index (χ1) is 12.2. The van der Waals surface area contributed by atoms with E-state index in [1.807, 2.05) is 6.07 Å². The molecule has 5 nitrogen and oxygen atoms in total. The van der Waals surface area contributed by atoms with Crippen molar-refractivity contribution in [2.45, 2.75) is 57.5 Å². The van der Waals surface area contributed by atoms with Gasteiger partial charge in [-0.2, -0.15) is 0 Å². The minimum atomic E-state index is 0.0381. The van der Waals surface area contributed by atoms with E-state index in [0.717, 1.165) is 55.0 Å². The predicted octanol–water partition coefficient (Wildman–Crippen LogP) is 3.42. The van der Waals surface area contributed by atoms with Crippen molar-refractivity contribution in [1.82, 2.24) is 19.9 Å². The Hall–Kier alpha value is -1.72. The van der Waals surface area contributed by atoms with Crippen LogP contribution in [0.2, 0.25) is 5.02 Å². The number of pyridine rings is 1. The molecule has 1 aliphatic carbocycles. The number of aromatic amines is 1. The summed E-state index contributed by atoms with van der Waals surface area (Å²) in [4.78, 5) is 26.8. The summed E-state index contributed by atoms with van der Waals surface area (Å²) < 4.78 is 0. The average molecular weight is 359 g/mol. The molecule has 1 fully saturated rings. The van der Waals surface area contributed by atoms with Crippen LogP contribution in [-0.4, -0.2) is 26.4 Å². The molecule has 132 valence electrons. The molecule has 0 saturated heterocycles. The van der Waals surface area contributed by atoms with Gasteiger partial charge in [-0.1, -0.05) is 30.9 Å². The molecule has 3 heterocycles. The largest absolute Gasteiger partial charge is 0.310 e. The zero-order chi connectivity index (χ0) is 17.2. The average Bonchev–Trinajstić information content (AvgIpc) is 2.65. The van der Waals surface area contributed by atoms with Gasteiger partial charge in [0.15, 0.2) is 0 Å². The summed E-state index contributed by atoms with van der Waals surface area (Å²) in [6.07, 6.45) is 10.3. The van der Waals surface area contributed by atoms with Gasteiger partial charge >= 0.3 is 0 Å². The second kappa shape index (κ2) is 7.26. The Morgan fingerprint density at radius 2 is 2.12 bits per heavy atom. The van der Waals surface area contributed by atoms with Gasteiger partial charge in [-0.3, -0.25) is 14.7 Å². The molecule has 0 atom stereocenters. The van der Waals surface area contributed by atoms with Crippen LogP contribution in [0.15, 0.2) is 23.3 Å². The normalized spacial score (nSPS) is 18.9. The van der Waals surface area contributed by atoms with Gasteiger partial charge in [-0.05, 0) is 24.5 Å². The molecule has 0 unspecified atom stereocenters. The number of nitrogens with zero attached hydrogens (tertiary/aromatic N) is 3. The van der Waals surface area contributed by atoms with Crippen LogP contribution in [0.1, 0.15) is 60.7 Å². The smallest absolute Gasteiger partial charge is 0.255 e. The van der Waals surface area contributed by atoms with Gasteiger partial charge in [0.2, 0.25) is 0 Å². The summed E-state index contributed by atoms with van der Waals surface area (Å²) in [5.74, 6) is 1.34. The molecule has 2 aliphatic rings. The van der Waals surface area contributed by atoms with Crippen LogP contribution in [-0.2, 0) is 19.5 Å². The van der Waals surface area contributed by atoms with Crippen LogP contribution in [0.4, 0.5) is 0 Å². The van der Waals surface area contributed by atoms with Crippen molar-refractivity contribution in [3.05, 3.63) is 56.5 Å². The number of nitrogens with one attached hydrogen (secondary N) is 1. The fourth-order valence-electron chi connectivity index (χ4n) is 3.98. The standard InChI is InChI=1S/C19H23ClN4O/c20-16-10-21-8-6-14(16)11-24-9-7-17-15(12-24)19(25)23-18(22-17)13-4-2-1-3-5-13/h6,8,10,13H,1-5,7,9,11-12H2,(H,22,23,25). The molecule has 1 N–H and O–H groups in total. The fraction of sp³-hybridized carbons (Fsp3) is 0.526. The summed E-state index contributed by atoms with van der Waals surface area (Å²) in [6, 6.07) is 1.94. The van der Waals surface area contributed by atoms with Crippen molar-refractivity contribution in [2.75, 3.05) is 6.54 Å². The van der Waals surface area contributed by atoms with Crippen molar-refractivity contribution in [3.63, 3.8) is 0 Å². The molecule has 0 spiro atoms. The maximum absolute atomic E-state index is 12.6. The summed E-state index contributed by atoms with van der Waals surface area (Å²) in [7, 11) is 0. The van der Waals surface area contributed by atoms with Gasteiger partial charge in [0, 0.05) is 44.4 Å². The number of hydrogen-bond donors (Lipinski definition) is 1. The van der Waals surface area contributed by atoms with Crippen molar-refractivity contribution < 1.29 is 0 Å². The first-order valence-electron chi connectivity index (χ1n) is 9.13. The molecule has 0 amide bonds. The van der Waals surface area contributed by atoms with Crippen molar-refractivity contribution in [2.24, 2.45) is 0 Å². The third-order valence-corrected chi connectivity index (χ3v) is 5.75. The summed E-state index contributed by atoms with van der Waals surface area (Å²) in [6.45, 7) is 2.25. The zero-order valence-electron chi connectivity index (χ0n) is 14.3. The van der Waals surface area contributed by atoms with Gasteiger partial charge in [-0.15, -0.1) is 0 Å². The molecule has 2 aromatic rings. The Bertz CT molecular complexity index is 813. The minimum Gasteiger partial charge on any atom is -0.310 e. The number of H-pyrrole nitrogens is 1. The van der Waals surface area contributed by atoms with Gasteiger partial charge in [-0.25, -0.2) is 4.98 Å². The minimum absolute atomic E-state index is 0.0381. The van der Waals surface area contributed by atoms with Crippen molar-refractivity contribution in [3.8, 4) is 0 Å². The van der Waals surface area contributed by atoms with E-state index in [0.29, 0.717) is 17.5 Å². The number of halogens is 1. The molecule has 25 heavy (non-hydrogen) atoms. The van der Waals surface area contributed by atoms with E-state index < -0.39 is 0 Å². The van der Waals surface area contributed by atoms with E-state index in [4.69, 9.17) is 16.6 Å². The summed E-state index contributed by atoms with van der Waals surface area (Å²) in [5, 5.41) is 0.674. The van der Waals surface area contributed by atoms with E-state index in [9.17, 15) is 4.79 Å². The Morgan fingerprint density at radius 1 is 1.28 bits per heavy atom. The maximum atomic E-state index is 12.6. The number of hydrogen-bond acceptors (Lipinski definition) is 4. The van der Waals surface area contributed by atoms with Gasteiger partial charge in [0.1, 0.15) is 5.82 Å². The van der Waals surface area contributed by atoms with Crippen molar-refractivity contribution >= 4 is 11.6 Å². The van der Waals surface area contributed by atoms with E-state index in [1.54, 1.807) is 12.4 Å². The number of fused-ring (bicyclic) bond motifs is 1. The molecular formula is C19H23ClN4O. The lowest BCUT2D eigenvalue weighted by Crippen LogP contribution is -2.36. The second-order valence-electron chi connectivity index (χ2n) is 7.14. The molecule has 2 aromatic heterocycles. The molecule has 0 bridgehead atoms. The highest BCUT2D eigenvalue weighted by atomic mass is 35.5. The Labute approximate surface area is 152 Å². The molecule has 4 rings (SSSR count). The number of rotatable bonds is 3. The highest BCUT2D eigenvalue weighted by Crippen LogP contribution is 2.31. The molecular weight excluding hydrogens is 336 g/mol. The van der Waals surface area contributed by atoms with Crippen LogP contribution in [0.25, 0.3) is 0 Å². The third kappa shape index (κ3) is 3.62. The fourth-order valence-corrected chi connectivity index (χ4v) is 4.16. The Kier molecular flexibility index (Phi) is 4.86. The van der Waals surface area contributed by atoms with Crippen LogP contribution < -0.4 is 5.56 Å². The van der Waals surface area contributed by atoms with Crippen LogP contribution in [0.5, 0.6) is 0 Å². The van der Waals surface area contributed by atoms with Crippen LogP contribution >= 0.6 is 11.6 Å². The Balaban J connectivity index is 1.53. The first kappa shape index (κ1) is 16.7. The van der Waals surface area contributed by atoms with E-state index >= 15 is 0 Å². The van der Waals surface area contributed by atoms with Crippen LogP contribution in [0, 0.1) is 0 Å². The van der Waals surface area contributed by atoms with Gasteiger partial charge < -0.3 is 4.98 Å². The molecule has 1 aliphatic heterocycles. The highest BCUT2D eigenvalue weighted by Gasteiger charge is 2.24. The highest BCUT2D eigenvalue weighted by molar-refractivity contribution is 6.31. The lowest BCUT2D eigenvalue weighted by atomic mass is 9.88. The SMILES string of the molecule is O=c1[nH]c(C2CCCCC2)nc2c1CN(Cc1ccncc1Cl)CC2. The van der Waals surface area contributed by atoms with E-state index in [2.05, 4.69) is 14.9 Å². The maximum Gasteiger partial charge on any atom is 0.255 e. The second-order valence-corrected chi connectivity index (χ2v) is 7.55. The third-order valence-electron chi connectivity index (χ3n) is 5.41. The van der Waals surface area contributed by atoms with Gasteiger partial charge in [0.25, 0.3) is 5.56 Å². The monoisotopic (exact) mass is 358 g/mol. The lowest BCUT2D eigenvalue weighted by molar-refractivity contribution is 0.241. The lowest BCUT2D eigenvalue weighted by Gasteiger charge is -2.29. The molecule has 1 saturated carbocycles. The van der Waals surface area contributed by atoms with Gasteiger partial charge in [0.05, 0.1) is 16.3 Å². The van der Waals surface area contributed by atoms with E-state index in [-0.39, 0.29) is 5.56 Å². The molecule has 0 radical (unpaired) electrons. The topological polar surface area (TPSA) is 61.9 Å². The molecule has 6 heteroatoms. The zero-order valence-corrected chi connectivity index (χ0v) is 15.1. The summed E-state index contributed by atoms with van der Waals surface area (Å²) >= 11 is 6.21. The van der Waals surface area contributed by atoms with E-state index in [1.165, 1.54) is 19.3 Å². The Morgan fingerprint density at radius 3 is 2.92 bits per heavy atom. The number of aromatic nitrogens is 3. The van der Waals surface area contributed by atoms with Crippen molar-refractivity contribution in [1.29, 1.82) is 0 Å².